The van der Waals surface area contributed by atoms with Crippen molar-refractivity contribution in [1.29, 1.82) is 0 Å². The standard InChI is InChI=1S/C10H12BrNO/c1-12-9-5-7-4-8(11)2-3-10(7)13-6-9/h2-4,9,12H,5-6H2,1H3/t9-/m1/s1. The van der Waals surface area contributed by atoms with E-state index in [9.17, 15) is 0 Å². The largest absolute Gasteiger partial charge is 0.492 e. The van der Waals surface area contributed by atoms with Gasteiger partial charge in [-0.25, -0.2) is 0 Å². The Morgan fingerprint density at radius 2 is 2.38 bits per heavy atom. The molecule has 0 unspecified atom stereocenters. The first kappa shape index (κ1) is 9.03. The molecule has 0 saturated carbocycles. The van der Waals surface area contributed by atoms with E-state index < -0.39 is 0 Å². The minimum absolute atomic E-state index is 0.446. The summed E-state index contributed by atoms with van der Waals surface area (Å²) in [6.45, 7) is 0.769. The van der Waals surface area contributed by atoms with E-state index in [4.69, 9.17) is 4.74 Å². The summed E-state index contributed by atoms with van der Waals surface area (Å²) >= 11 is 3.46. The molecular weight excluding hydrogens is 230 g/mol. The maximum atomic E-state index is 5.60. The molecule has 1 aliphatic rings. The van der Waals surface area contributed by atoms with Crippen molar-refractivity contribution in [3.8, 4) is 5.75 Å². The molecule has 1 N–H and O–H groups in total. The van der Waals surface area contributed by atoms with E-state index in [1.807, 2.05) is 19.2 Å². The van der Waals surface area contributed by atoms with Gasteiger partial charge in [0.1, 0.15) is 12.4 Å². The van der Waals surface area contributed by atoms with Crippen LogP contribution in [0.5, 0.6) is 5.75 Å². The SMILES string of the molecule is CN[C@H]1COc2ccc(Br)cc2C1. The molecule has 0 spiro atoms. The van der Waals surface area contributed by atoms with Crippen molar-refractivity contribution in [2.75, 3.05) is 13.7 Å². The normalized spacial score (nSPS) is 20.6. The van der Waals surface area contributed by atoms with Gasteiger partial charge in [-0.2, -0.15) is 0 Å². The average Bonchev–Trinajstić information content (AvgIpc) is 2.16. The molecule has 3 heteroatoms. The second-order valence-electron chi connectivity index (χ2n) is 3.25. The van der Waals surface area contributed by atoms with Crippen molar-refractivity contribution < 1.29 is 4.74 Å². The Kier molecular flexibility index (Phi) is 2.56. The zero-order valence-corrected chi connectivity index (χ0v) is 9.10. The smallest absolute Gasteiger partial charge is 0.122 e. The Hall–Kier alpha value is -0.540. The fourth-order valence-electron chi connectivity index (χ4n) is 1.55. The molecular formula is C10H12BrNO. The van der Waals surface area contributed by atoms with Crippen molar-refractivity contribution >= 4 is 15.9 Å². The van der Waals surface area contributed by atoms with Gasteiger partial charge in [-0.15, -0.1) is 0 Å². The van der Waals surface area contributed by atoms with Crippen LogP contribution in [-0.4, -0.2) is 19.7 Å². The zero-order chi connectivity index (χ0) is 9.26. The van der Waals surface area contributed by atoms with E-state index in [-0.39, 0.29) is 0 Å². The number of hydrogen-bond acceptors (Lipinski definition) is 2. The van der Waals surface area contributed by atoms with Gasteiger partial charge in [0, 0.05) is 10.5 Å². The molecule has 1 atom stereocenters. The predicted molar refractivity (Wildman–Crippen MR) is 56.2 cm³/mol. The van der Waals surface area contributed by atoms with Crippen LogP contribution in [0.1, 0.15) is 5.56 Å². The number of ether oxygens (including phenoxy) is 1. The summed E-state index contributed by atoms with van der Waals surface area (Å²) in [5, 5.41) is 3.22. The van der Waals surface area contributed by atoms with Crippen molar-refractivity contribution in [3.63, 3.8) is 0 Å². The molecule has 0 saturated heterocycles. The average molecular weight is 242 g/mol. The minimum atomic E-state index is 0.446. The van der Waals surface area contributed by atoms with Crippen LogP contribution in [0.2, 0.25) is 0 Å². The predicted octanol–water partition coefficient (Wildman–Crippen LogP) is 1.97. The molecule has 1 aromatic rings. The summed E-state index contributed by atoms with van der Waals surface area (Å²) in [5.41, 5.74) is 1.28. The third kappa shape index (κ3) is 1.86. The Morgan fingerprint density at radius 1 is 1.54 bits per heavy atom. The molecule has 1 aromatic carbocycles. The number of fused-ring (bicyclic) bond motifs is 1. The fourth-order valence-corrected chi connectivity index (χ4v) is 1.96. The van der Waals surface area contributed by atoms with E-state index in [1.54, 1.807) is 0 Å². The number of benzene rings is 1. The molecule has 2 rings (SSSR count). The lowest BCUT2D eigenvalue weighted by Crippen LogP contribution is -2.36. The van der Waals surface area contributed by atoms with Gasteiger partial charge in [0.05, 0.1) is 0 Å². The summed E-state index contributed by atoms with van der Waals surface area (Å²) in [7, 11) is 1.97. The summed E-state index contributed by atoms with van der Waals surface area (Å²) in [5.74, 6) is 1.02. The van der Waals surface area contributed by atoms with Gasteiger partial charge in [-0.1, -0.05) is 15.9 Å². The topological polar surface area (TPSA) is 21.3 Å². The fraction of sp³-hybridized carbons (Fsp3) is 0.400. The van der Waals surface area contributed by atoms with E-state index in [0.717, 1.165) is 23.2 Å². The molecule has 1 aliphatic heterocycles. The third-order valence-corrected chi connectivity index (χ3v) is 2.83. The second kappa shape index (κ2) is 3.68. The van der Waals surface area contributed by atoms with Gasteiger partial charge < -0.3 is 10.1 Å². The first-order valence-corrected chi connectivity index (χ1v) is 5.17. The number of likely N-dealkylation sites (N-methyl/N-ethyl adjacent to an activating group) is 1. The summed E-state index contributed by atoms with van der Waals surface area (Å²) in [4.78, 5) is 0. The highest BCUT2D eigenvalue weighted by Crippen LogP contribution is 2.27. The van der Waals surface area contributed by atoms with Crippen molar-refractivity contribution in [3.05, 3.63) is 28.2 Å². The highest BCUT2D eigenvalue weighted by Gasteiger charge is 2.17. The molecule has 1 heterocycles. The summed E-state index contributed by atoms with van der Waals surface area (Å²) in [6, 6.07) is 6.60. The Morgan fingerprint density at radius 3 is 3.15 bits per heavy atom. The molecule has 0 amide bonds. The first-order valence-electron chi connectivity index (χ1n) is 4.38. The molecule has 13 heavy (non-hydrogen) atoms. The summed E-state index contributed by atoms with van der Waals surface area (Å²) < 4.78 is 6.72. The van der Waals surface area contributed by atoms with E-state index in [2.05, 4.69) is 27.3 Å². The van der Waals surface area contributed by atoms with E-state index >= 15 is 0 Å². The van der Waals surface area contributed by atoms with Gasteiger partial charge in [0.2, 0.25) is 0 Å². The van der Waals surface area contributed by atoms with Crippen LogP contribution in [0, 0.1) is 0 Å². The van der Waals surface area contributed by atoms with Gasteiger partial charge in [-0.3, -0.25) is 0 Å². The maximum Gasteiger partial charge on any atom is 0.122 e. The number of rotatable bonds is 1. The van der Waals surface area contributed by atoms with Crippen LogP contribution in [0.15, 0.2) is 22.7 Å². The Bertz CT molecular complexity index is 314. The maximum absolute atomic E-state index is 5.60. The van der Waals surface area contributed by atoms with Crippen LogP contribution in [0.4, 0.5) is 0 Å². The van der Waals surface area contributed by atoms with E-state index in [0.29, 0.717) is 6.04 Å². The van der Waals surface area contributed by atoms with Gasteiger partial charge in [-0.05, 0) is 37.2 Å². The molecule has 0 aliphatic carbocycles. The monoisotopic (exact) mass is 241 g/mol. The molecule has 70 valence electrons. The second-order valence-corrected chi connectivity index (χ2v) is 4.17. The highest BCUT2D eigenvalue weighted by molar-refractivity contribution is 9.10. The van der Waals surface area contributed by atoms with Crippen LogP contribution < -0.4 is 10.1 Å². The lowest BCUT2D eigenvalue weighted by Gasteiger charge is -2.24. The van der Waals surface area contributed by atoms with Crippen LogP contribution in [0.25, 0.3) is 0 Å². The van der Waals surface area contributed by atoms with Crippen molar-refractivity contribution in [1.82, 2.24) is 5.32 Å². The molecule has 0 bridgehead atoms. The quantitative estimate of drug-likeness (QED) is 0.812. The van der Waals surface area contributed by atoms with E-state index in [1.165, 1.54) is 5.56 Å². The van der Waals surface area contributed by atoms with Crippen molar-refractivity contribution in [2.45, 2.75) is 12.5 Å². The molecule has 0 fully saturated rings. The molecule has 2 nitrogen and oxygen atoms in total. The highest BCUT2D eigenvalue weighted by atomic mass is 79.9. The Balaban J connectivity index is 2.27. The van der Waals surface area contributed by atoms with Crippen LogP contribution in [0.3, 0.4) is 0 Å². The summed E-state index contributed by atoms with van der Waals surface area (Å²) in [6.07, 6.45) is 1.05. The van der Waals surface area contributed by atoms with Gasteiger partial charge in [0.25, 0.3) is 0 Å². The van der Waals surface area contributed by atoms with Gasteiger partial charge in [0.15, 0.2) is 0 Å². The molecule has 0 aromatic heterocycles. The first-order chi connectivity index (χ1) is 6.29. The lowest BCUT2D eigenvalue weighted by molar-refractivity contribution is 0.245. The Labute approximate surface area is 86.4 Å². The minimum Gasteiger partial charge on any atom is -0.492 e. The number of halogens is 1. The lowest BCUT2D eigenvalue weighted by atomic mass is 10.0. The number of hydrogen-bond donors (Lipinski definition) is 1. The van der Waals surface area contributed by atoms with Crippen LogP contribution >= 0.6 is 15.9 Å². The zero-order valence-electron chi connectivity index (χ0n) is 7.51. The van der Waals surface area contributed by atoms with Crippen molar-refractivity contribution in [2.24, 2.45) is 0 Å². The van der Waals surface area contributed by atoms with Gasteiger partial charge >= 0.3 is 0 Å². The third-order valence-electron chi connectivity index (χ3n) is 2.34. The number of nitrogens with one attached hydrogen (secondary N) is 1. The molecule has 0 radical (unpaired) electrons. The van der Waals surface area contributed by atoms with Crippen LogP contribution in [-0.2, 0) is 6.42 Å².